The third kappa shape index (κ3) is 7.97. The van der Waals surface area contributed by atoms with Gasteiger partial charge in [0.2, 0.25) is 11.8 Å². The van der Waals surface area contributed by atoms with Crippen LogP contribution in [0.2, 0.25) is 0 Å². The number of carbonyl (C=O) groups is 2. The Morgan fingerprint density at radius 2 is 1.35 bits per heavy atom. The summed E-state index contributed by atoms with van der Waals surface area (Å²) < 4.78 is 11.1. The molecule has 4 aromatic rings. The molecule has 4 rings (SSSR count). The summed E-state index contributed by atoms with van der Waals surface area (Å²) in [7, 11) is 1.60. The lowest BCUT2D eigenvalue weighted by molar-refractivity contribution is -0.128. The summed E-state index contributed by atoms with van der Waals surface area (Å²) in [5.41, 5.74) is 2.69. The predicted octanol–water partition coefficient (Wildman–Crippen LogP) is 5.07. The van der Waals surface area contributed by atoms with Crippen molar-refractivity contribution in [3.05, 3.63) is 126 Å². The molecular weight excluding hydrogens is 464 g/mol. The maximum absolute atomic E-state index is 13.2. The number of nitrogens with one attached hydrogen (secondary N) is 2. The molecule has 0 fully saturated rings. The van der Waals surface area contributed by atoms with Crippen LogP contribution in [0.1, 0.15) is 16.7 Å². The molecule has 0 radical (unpaired) electrons. The van der Waals surface area contributed by atoms with E-state index in [0.29, 0.717) is 18.7 Å². The molecule has 6 nitrogen and oxygen atoms in total. The predicted molar refractivity (Wildman–Crippen MR) is 144 cm³/mol. The highest BCUT2D eigenvalue weighted by Gasteiger charge is 2.21. The van der Waals surface area contributed by atoms with Crippen LogP contribution >= 0.6 is 0 Å². The maximum Gasteiger partial charge on any atom is 0.243 e. The Bertz CT molecular complexity index is 1290. The van der Waals surface area contributed by atoms with Gasteiger partial charge in [0.1, 0.15) is 23.3 Å². The number of benzene rings is 4. The molecule has 0 spiro atoms. The highest BCUT2D eigenvalue weighted by atomic mass is 16.5. The van der Waals surface area contributed by atoms with Gasteiger partial charge < -0.3 is 20.1 Å². The Kier molecular flexibility index (Phi) is 8.92. The monoisotopic (exact) mass is 494 g/mol. The van der Waals surface area contributed by atoms with Crippen LogP contribution in [0.4, 0.5) is 0 Å². The minimum Gasteiger partial charge on any atom is -0.497 e. The first-order valence-corrected chi connectivity index (χ1v) is 12.1. The Morgan fingerprint density at radius 3 is 2.05 bits per heavy atom. The lowest BCUT2D eigenvalue weighted by Crippen LogP contribution is -2.48. The van der Waals surface area contributed by atoms with E-state index < -0.39 is 6.04 Å². The van der Waals surface area contributed by atoms with Crippen molar-refractivity contribution in [1.82, 2.24) is 10.6 Å². The van der Waals surface area contributed by atoms with E-state index in [1.807, 2.05) is 109 Å². The summed E-state index contributed by atoms with van der Waals surface area (Å²) in [6.45, 7) is 0.377. The molecule has 0 bridgehead atoms. The Hall–Kier alpha value is -4.58. The molecule has 0 aliphatic heterocycles. The average Bonchev–Trinajstić information content (AvgIpc) is 2.93. The molecule has 0 unspecified atom stereocenters. The van der Waals surface area contributed by atoms with Crippen molar-refractivity contribution in [2.24, 2.45) is 0 Å². The van der Waals surface area contributed by atoms with E-state index in [0.717, 1.165) is 28.2 Å². The Balaban J connectivity index is 1.46. The molecule has 2 N–H and O–H groups in total. The minimum atomic E-state index is -0.749. The Morgan fingerprint density at radius 1 is 0.703 bits per heavy atom. The normalized spacial score (nSPS) is 11.3. The number of methoxy groups -OCH3 is 1. The number of hydrogen-bond donors (Lipinski definition) is 2. The molecule has 0 aliphatic rings. The van der Waals surface area contributed by atoms with Gasteiger partial charge in [-0.05, 0) is 53.1 Å². The number of hydrogen-bond acceptors (Lipinski definition) is 4. The lowest BCUT2D eigenvalue weighted by Gasteiger charge is -2.19. The van der Waals surface area contributed by atoms with E-state index in [2.05, 4.69) is 10.6 Å². The SMILES string of the molecule is COc1ccc(CC(=O)N[C@H](Cc2cccc(Oc3ccccc3)c2)C(=O)NCc2ccccc2)cc1. The van der Waals surface area contributed by atoms with Crippen LogP contribution in [0.15, 0.2) is 109 Å². The van der Waals surface area contributed by atoms with Crippen LogP contribution in [0, 0.1) is 0 Å². The number of carbonyl (C=O) groups excluding carboxylic acids is 2. The first kappa shape index (κ1) is 25.5. The zero-order valence-corrected chi connectivity index (χ0v) is 20.7. The zero-order valence-electron chi connectivity index (χ0n) is 20.7. The van der Waals surface area contributed by atoms with Crippen molar-refractivity contribution < 1.29 is 19.1 Å². The van der Waals surface area contributed by atoms with E-state index in [1.165, 1.54) is 0 Å². The first-order valence-electron chi connectivity index (χ1n) is 12.1. The fourth-order valence-electron chi connectivity index (χ4n) is 3.89. The molecule has 37 heavy (non-hydrogen) atoms. The number of rotatable bonds is 11. The van der Waals surface area contributed by atoms with Gasteiger partial charge in [-0.3, -0.25) is 9.59 Å². The summed E-state index contributed by atoms with van der Waals surface area (Å²) in [5, 5.41) is 5.88. The van der Waals surface area contributed by atoms with Gasteiger partial charge >= 0.3 is 0 Å². The second-order valence-electron chi connectivity index (χ2n) is 8.61. The first-order chi connectivity index (χ1) is 18.1. The molecule has 0 saturated heterocycles. The number of ether oxygens (including phenoxy) is 2. The van der Waals surface area contributed by atoms with Gasteiger partial charge in [0, 0.05) is 13.0 Å². The zero-order chi connectivity index (χ0) is 25.9. The summed E-state index contributed by atoms with van der Waals surface area (Å²) >= 11 is 0. The van der Waals surface area contributed by atoms with Gasteiger partial charge in [-0.2, -0.15) is 0 Å². The highest BCUT2D eigenvalue weighted by molar-refractivity contribution is 5.88. The van der Waals surface area contributed by atoms with Crippen molar-refractivity contribution in [3.63, 3.8) is 0 Å². The van der Waals surface area contributed by atoms with Crippen molar-refractivity contribution in [2.75, 3.05) is 7.11 Å². The lowest BCUT2D eigenvalue weighted by atomic mass is 10.0. The highest BCUT2D eigenvalue weighted by Crippen LogP contribution is 2.22. The van der Waals surface area contributed by atoms with Crippen molar-refractivity contribution >= 4 is 11.8 Å². The smallest absolute Gasteiger partial charge is 0.243 e. The van der Waals surface area contributed by atoms with Gasteiger partial charge in [-0.1, -0.05) is 72.8 Å². The van der Waals surface area contributed by atoms with Crippen LogP contribution in [0.25, 0.3) is 0 Å². The van der Waals surface area contributed by atoms with E-state index >= 15 is 0 Å². The largest absolute Gasteiger partial charge is 0.497 e. The van der Waals surface area contributed by atoms with Crippen LogP contribution < -0.4 is 20.1 Å². The van der Waals surface area contributed by atoms with Gasteiger partial charge in [-0.15, -0.1) is 0 Å². The molecular formula is C31H30N2O4. The summed E-state index contributed by atoms with van der Waals surface area (Å²) in [6, 6.07) is 33.3. The van der Waals surface area contributed by atoms with Crippen molar-refractivity contribution in [1.29, 1.82) is 0 Å². The van der Waals surface area contributed by atoms with Gasteiger partial charge in [0.05, 0.1) is 13.5 Å². The van der Waals surface area contributed by atoms with E-state index in [-0.39, 0.29) is 18.2 Å². The third-order valence-electron chi connectivity index (χ3n) is 5.80. The summed E-state index contributed by atoms with van der Waals surface area (Å²) in [6.07, 6.45) is 0.477. The fraction of sp³-hybridized carbons (Fsp3) is 0.161. The average molecular weight is 495 g/mol. The maximum atomic E-state index is 13.2. The Labute approximate surface area is 217 Å². The molecule has 2 amide bonds. The van der Waals surface area contributed by atoms with Crippen LogP contribution in [-0.2, 0) is 29.0 Å². The molecule has 6 heteroatoms. The second kappa shape index (κ2) is 12.9. The van der Waals surface area contributed by atoms with Crippen LogP contribution in [0.3, 0.4) is 0 Å². The summed E-state index contributed by atoms with van der Waals surface area (Å²) in [4.78, 5) is 26.1. The van der Waals surface area contributed by atoms with Crippen LogP contribution in [0.5, 0.6) is 17.2 Å². The fourth-order valence-corrected chi connectivity index (χ4v) is 3.89. The molecule has 0 aromatic heterocycles. The van der Waals surface area contributed by atoms with Crippen molar-refractivity contribution in [2.45, 2.75) is 25.4 Å². The molecule has 0 heterocycles. The summed E-state index contributed by atoms with van der Waals surface area (Å²) in [5.74, 6) is 1.63. The number of amides is 2. The molecule has 4 aromatic carbocycles. The van der Waals surface area contributed by atoms with Crippen LogP contribution in [-0.4, -0.2) is 25.0 Å². The van der Waals surface area contributed by atoms with E-state index in [4.69, 9.17) is 9.47 Å². The van der Waals surface area contributed by atoms with Gasteiger partial charge in [0.15, 0.2) is 0 Å². The molecule has 0 aliphatic carbocycles. The molecule has 0 saturated carbocycles. The second-order valence-corrected chi connectivity index (χ2v) is 8.61. The molecule has 188 valence electrons. The van der Waals surface area contributed by atoms with Gasteiger partial charge in [-0.25, -0.2) is 0 Å². The number of para-hydroxylation sites is 1. The topological polar surface area (TPSA) is 76.7 Å². The minimum absolute atomic E-state index is 0.156. The van der Waals surface area contributed by atoms with E-state index in [1.54, 1.807) is 7.11 Å². The quantitative estimate of drug-likeness (QED) is 0.305. The standard InChI is InChI=1S/C31H30N2O4/c1-36-26-17-15-23(16-18-26)21-30(34)33-29(31(35)32-22-24-9-4-2-5-10-24)20-25-11-8-14-28(19-25)37-27-12-6-3-7-13-27/h2-19,29H,20-22H2,1H3,(H,32,35)(H,33,34)/t29-/m1/s1. The third-order valence-corrected chi connectivity index (χ3v) is 5.80. The van der Waals surface area contributed by atoms with Gasteiger partial charge in [0.25, 0.3) is 0 Å². The van der Waals surface area contributed by atoms with E-state index in [9.17, 15) is 9.59 Å². The molecule has 1 atom stereocenters. The van der Waals surface area contributed by atoms with Crippen molar-refractivity contribution in [3.8, 4) is 17.2 Å².